The lowest BCUT2D eigenvalue weighted by molar-refractivity contribution is 0.476. The van der Waals surface area contributed by atoms with Crippen molar-refractivity contribution in [2.24, 2.45) is 0 Å². The molecule has 2 aromatic rings. The summed E-state index contributed by atoms with van der Waals surface area (Å²) in [5.74, 6) is 1.16. The van der Waals surface area contributed by atoms with E-state index in [0.717, 1.165) is 37.2 Å². The maximum Gasteiger partial charge on any atom is 0.134 e. The predicted molar refractivity (Wildman–Crippen MR) is 70.2 cm³/mol. The molecule has 0 radical (unpaired) electrons. The van der Waals surface area contributed by atoms with E-state index in [4.69, 9.17) is 4.42 Å². The first kappa shape index (κ1) is 10.6. The van der Waals surface area contributed by atoms with Gasteiger partial charge in [-0.25, -0.2) is 0 Å². The van der Waals surface area contributed by atoms with Crippen LogP contribution in [0, 0.1) is 0 Å². The summed E-state index contributed by atoms with van der Waals surface area (Å²) >= 11 is 0. The SMILES string of the molecule is C=CCC1Cc2oc3ccccc3c2CCN1. The minimum Gasteiger partial charge on any atom is -0.461 e. The van der Waals surface area contributed by atoms with Gasteiger partial charge in [0.05, 0.1) is 0 Å². The lowest BCUT2D eigenvalue weighted by atomic mass is 10.0. The van der Waals surface area contributed by atoms with Crippen molar-refractivity contribution in [1.82, 2.24) is 5.32 Å². The van der Waals surface area contributed by atoms with E-state index >= 15 is 0 Å². The van der Waals surface area contributed by atoms with Crippen LogP contribution in [0.25, 0.3) is 11.0 Å². The van der Waals surface area contributed by atoms with Crippen molar-refractivity contribution in [2.45, 2.75) is 25.3 Å². The van der Waals surface area contributed by atoms with Gasteiger partial charge in [-0.1, -0.05) is 24.3 Å². The Morgan fingerprint density at radius 2 is 2.29 bits per heavy atom. The van der Waals surface area contributed by atoms with Gasteiger partial charge < -0.3 is 9.73 Å². The molecule has 2 heterocycles. The fraction of sp³-hybridized carbons (Fsp3) is 0.333. The van der Waals surface area contributed by atoms with Crippen molar-refractivity contribution in [3.8, 4) is 0 Å². The van der Waals surface area contributed by atoms with E-state index in [1.807, 2.05) is 12.1 Å². The van der Waals surface area contributed by atoms with Gasteiger partial charge >= 0.3 is 0 Å². The average Bonchev–Trinajstić information content (AvgIpc) is 2.55. The summed E-state index contributed by atoms with van der Waals surface area (Å²) in [6, 6.07) is 8.79. The minimum absolute atomic E-state index is 0.467. The van der Waals surface area contributed by atoms with Crippen molar-refractivity contribution in [3.05, 3.63) is 48.2 Å². The molecule has 1 unspecified atom stereocenters. The van der Waals surface area contributed by atoms with Crippen LogP contribution in [-0.4, -0.2) is 12.6 Å². The summed E-state index contributed by atoms with van der Waals surface area (Å²) < 4.78 is 5.97. The Morgan fingerprint density at radius 1 is 1.41 bits per heavy atom. The maximum atomic E-state index is 5.97. The third-order valence-electron chi connectivity index (χ3n) is 3.47. The topological polar surface area (TPSA) is 25.2 Å². The zero-order valence-corrected chi connectivity index (χ0v) is 9.91. The number of rotatable bonds is 2. The molecule has 1 aliphatic rings. The highest BCUT2D eigenvalue weighted by atomic mass is 16.3. The molecule has 3 rings (SSSR count). The second-order valence-electron chi connectivity index (χ2n) is 4.63. The Labute approximate surface area is 101 Å². The largest absolute Gasteiger partial charge is 0.461 e. The van der Waals surface area contributed by atoms with Crippen molar-refractivity contribution in [2.75, 3.05) is 6.54 Å². The van der Waals surface area contributed by atoms with E-state index in [9.17, 15) is 0 Å². The number of hydrogen-bond acceptors (Lipinski definition) is 2. The van der Waals surface area contributed by atoms with E-state index in [0.29, 0.717) is 6.04 Å². The molecule has 17 heavy (non-hydrogen) atoms. The summed E-state index contributed by atoms with van der Waals surface area (Å²) in [6.45, 7) is 4.84. The number of hydrogen-bond donors (Lipinski definition) is 1. The molecule has 2 nitrogen and oxygen atoms in total. The molecule has 0 spiro atoms. The van der Waals surface area contributed by atoms with Crippen LogP contribution in [0.1, 0.15) is 17.7 Å². The van der Waals surface area contributed by atoms with E-state index < -0.39 is 0 Å². The van der Waals surface area contributed by atoms with E-state index in [1.165, 1.54) is 10.9 Å². The van der Waals surface area contributed by atoms with Gasteiger partial charge in [-0.3, -0.25) is 0 Å². The molecule has 88 valence electrons. The lowest BCUT2D eigenvalue weighted by Crippen LogP contribution is -2.30. The monoisotopic (exact) mass is 227 g/mol. The summed E-state index contributed by atoms with van der Waals surface area (Å²) in [5.41, 5.74) is 2.41. The fourth-order valence-corrected chi connectivity index (χ4v) is 2.65. The van der Waals surface area contributed by atoms with Crippen molar-refractivity contribution in [3.63, 3.8) is 0 Å². The number of benzene rings is 1. The Bertz CT molecular complexity index is 541. The predicted octanol–water partition coefficient (Wildman–Crippen LogP) is 3.07. The maximum absolute atomic E-state index is 5.97. The zero-order valence-electron chi connectivity index (χ0n) is 9.91. The van der Waals surface area contributed by atoms with Crippen LogP contribution in [0.2, 0.25) is 0 Å². The van der Waals surface area contributed by atoms with Crippen LogP contribution in [0.4, 0.5) is 0 Å². The quantitative estimate of drug-likeness (QED) is 0.798. The number of nitrogens with one attached hydrogen (secondary N) is 1. The van der Waals surface area contributed by atoms with Gasteiger partial charge in [0.25, 0.3) is 0 Å². The van der Waals surface area contributed by atoms with Crippen LogP contribution in [0.15, 0.2) is 41.3 Å². The van der Waals surface area contributed by atoms with Gasteiger partial charge in [0.1, 0.15) is 11.3 Å². The molecule has 0 aliphatic carbocycles. The van der Waals surface area contributed by atoms with Gasteiger partial charge in [-0.05, 0) is 25.5 Å². The Kier molecular flexibility index (Phi) is 2.73. The van der Waals surface area contributed by atoms with Crippen molar-refractivity contribution in [1.29, 1.82) is 0 Å². The summed E-state index contributed by atoms with van der Waals surface area (Å²) in [4.78, 5) is 0. The summed E-state index contributed by atoms with van der Waals surface area (Å²) in [6.07, 6.45) is 5.00. The molecular weight excluding hydrogens is 210 g/mol. The van der Waals surface area contributed by atoms with Crippen LogP contribution in [0.3, 0.4) is 0 Å². The molecule has 0 bridgehead atoms. The Hall–Kier alpha value is -1.54. The average molecular weight is 227 g/mol. The molecule has 2 heteroatoms. The second-order valence-corrected chi connectivity index (χ2v) is 4.63. The first-order chi connectivity index (χ1) is 8.38. The van der Waals surface area contributed by atoms with E-state index in [2.05, 4.69) is 30.1 Å². The minimum atomic E-state index is 0.467. The molecule has 0 amide bonds. The highest BCUT2D eigenvalue weighted by Gasteiger charge is 2.20. The summed E-state index contributed by atoms with van der Waals surface area (Å²) in [5, 5.41) is 4.83. The second kappa shape index (κ2) is 4.38. The van der Waals surface area contributed by atoms with Crippen LogP contribution >= 0.6 is 0 Å². The Morgan fingerprint density at radius 3 is 3.18 bits per heavy atom. The number of para-hydroxylation sites is 1. The van der Waals surface area contributed by atoms with Crippen molar-refractivity contribution >= 4 is 11.0 Å². The highest BCUT2D eigenvalue weighted by Crippen LogP contribution is 2.28. The normalized spacial score (nSPS) is 19.9. The van der Waals surface area contributed by atoms with E-state index in [-0.39, 0.29) is 0 Å². The smallest absolute Gasteiger partial charge is 0.134 e. The van der Waals surface area contributed by atoms with Crippen LogP contribution in [0.5, 0.6) is 0 Å². The molecule has 1 atom stereocenters. The number of fused-ring (bicyclic) bond motifs is 3. The first-order valence-electron chi connectivity index (χ1n) is 6.22. The van der Waals surface area contributed by atoms with Crippen molar-refractivity contribution < 1.29 is 4.42 Å². The van der Waals surface area contributed by atoms with Gasteiger partial charge in [-0.15, -0.1) is 6.58 Å². The van der Waals surface area contributed by atoms with Gasteiger partial charge in [-0.2, -0.15) is 0 Å². The first-order valence-corrected chi connectivity index (χ1v) is 6.22. The fourth-order valence-electron chi connectivity index (χ4n) is 2.65. The molecule has 1 N–H and O–H groups in total. The third-order valence-corrected chi connectivity index (χ3v) is 3.47. The third kappa shape index (κ3) is 1.89. The standard InChI is InChI=1S/C15H17NO/c1-2-5-11-10-15-13(8-9-16-11)12-6-3-4-7-14(12)17-15/h2-4,6-7,11,16H,1,5,8-10H2. The summed E-state index contributed by atoms with van der Waals surface area (Å²) in [7, 11) is 0. The zero-order chi connectivity index (χ0) is 11.7. The molecule has 0 saturated carbocycles. The lowest BCUT2D eigenvalue weighted by Gasteiger charge is -2.12. The molecule has 1 aromatic heterocycles. The molecule has 1 aliphatic heterocycles. The van der Waals surface area contributed by atoms with Gasteiger partial charge in [0, 0.05) is 23.4 Å². The highest BCUT2D eigenvalue weighted by molar-refractivity contribution is 5.82. The van der Waals surface area contributed by atoms with Gasteiger partial charge in [0.2, 0.25) is 0 Å². The molecule has 1 aromatic carbocycles. The molecular formula is C15H17NO. The van der Waals surface area contributed by atoms with Gasteiger partial charge in [0.15, 0.2) is 0 Å². The molecule has 0 saturated heterocycles. The Balaban J connectivity index is 2.03. The van der Waals surface area contributed by atoms with Crippen LogP contribution in [-0.2, 0) is 12.8 Å². The molecule has 0 fully saturated rings. The van der Waals surface area contributed by atoms with Crippen LogP contribution < -0.4 is 5.32 Å². The van der Waals surface area contributed by atoms with E-state index in [1.54, 1.807) is 0 Å². The number of furan rings is 1.